The minimum Gasteiger partial charge on any atom is -0.398 e. The summed E-state index contributed by atoms with van der Waals surface area (Å²) >= 11 is 3.51. The van der Waals surface area contributed by atoms with Gasteiger partial charge in [0.15, 0.2) is 0 Å². The fraction of sp³-hybridized carbons (Fsp3) is 0.304. The molecule has 1 saturated heterocycles. The summed E-state index contributed by atoms with van der Waals surface area (Å²) in [5.74, 6) is 0. The van der Waals surface area contributed by atoms with E-state index in [1.165, 1.54) is 28.1 Å². The fourth-order valence-electron chi connectivity index (χ4n) is 6.06. The van der Waals surface area contributed by atoms with Gasteiger partial charge in [0.05, 0.1) is 38.9 Å². The van der Waals surface area contributed by atoms with Crippen LogP contribution in [0.15, 0.2) is 138 Å². The average molecular weight is 844 g/mol. The Balaban J connectivity index is 0.000000147. The normalized spacial score (nSPS) is 13.9. The minimum absolute atomic E-state index is 0.290. The molecule has 0 bridgehead atoms. The third-order valence-corrected chi connectivity index (χ3v) is 11.1. The van der Waals surface area contributed by atoms with Gasteiger partial charge in [-0.05, 0) is 110 Å². The van der Waals surface area contributed by atoms with Gasteiger partial charge in [0.2, 0.25) is 0 Å². The van der Waals surface area contributed by atoms with Crippen LogP contribution in [0.3, 0.4) is 0 Å². The van der Waals surface area contributed by atoms with Crippen molar-refractivity contribution in [2.75, 3.05) is 0 Å². The van der Waals surface area contributed by atoms with Crippen LogP contribution in [-0.2, 0) is 63.2 Å². The molecule has 10 nitrogen and oxygen atoms in total. The van der Waals surface area contributed by atoms with Crippen molar-refractivity contribution in [3.8, 4) is 0 Å². The first-order valence-corrected chi connectivity index (χ1v) is 20.4. The van der Waals surface area contributed by atoms with Crippen molar-refractivity contribution in [2.24, 2.45) is 28.2 Å². The van der Waals surface area contributed by atoms with E-state index >= 15 is 0 Å². The molecule has 0 atom stereocenters. The SMILES string of the molecule is Cn1ncc(Br)c1CCc1ccccc1.Cn1nccc1/C=C/c1ccccc1.Cn1nccc1B1OC(C)(C)C(C)(C)O1.Cn1nccc1CCc1ccccc1. The highest BCUT2D eigenvalue weighted by atomic mass is 79.9. The molecule has 0 radical (unpaired) electrons. The third-order valence-electron chi connectivity index (χ3n) is 10.4. The molecule has 8 rings (SSSR count). The fourth-order valence-corrected chi connectivity index (χ4v) is 6.61. The van der Waals surface area contributed by atoms with Crippen molar-refractivity contribution in [1.29, 1.82) is 0 Å². The first-order chi connectivity index (χ1) is 27.8. The molecule has 0 unspecified atom stereocenters. The van der Waals surface area contributed by atoms with Gasteiger partial charge < -0.3 is 9.31 Å². The molecular formula is C46H56BBrN8O2. The highest BCUT2D eigenvalue weighted by Crippen LogP contribution is 2.36. The first kappa shape index (κ1) is 43.8. The van der Waals surface area contributed by atoms with Crippen LogP contribution in [0.4, 0.5) is 0 Å². The van der Waals surface area contributed by atoms with Crippen LogP contribution in [0.1, 0.15) is 61.5 Å². The number of halogens is 1. The lowest BCUT2D eigenvalue weighted by atomic mass is 9.85. The molecule has 3 aromatic carbocycles. The number of aromatic nitrogens is 8. The largest absolute Gasteiger partial charge is 0.514 e. The molecule has 5 heterocycles. The number of hydrogen-bond acceptors (Lipinski definition) is 6. The molecule has 0 spiro atoms. The summed E-state index contributed by atoms with van der Waals surface area (Å²) in [5.41, 5.74) is 7.97. The number of rotatable bonds is 9. The standard InChI is InChI=1S/C12H13BrN2.C12H14N2.C12H12N2.C10H17BN2O2/c1-15-12(11(13)9-14-15)8-7-10-5-3-2-4-6-10;2*1-14-12(9-10-13-14)8-7-11-5-3-2-4-6-11;1-9(2)10(3,4)15-11(14-9)8-6-7-12-13(8)5/h2-6,9H,7-8H2,1H3;2-6,9-10H,7-8H2,1H3;2-10H,1H3;6-7H,1-5H3/b;;8-7+;. The van der Waals surface area contributed by atoms with E-state index in [2.05, 4.69) is 115 Å². The maximum atomic E-state index is 5.91. The molecule has 0 N–H and O–H groups in total. The predicted molar refractivity (Wildman–Crippen MR) is 239 cm³/mol. The van der Waals surface area contributed by atoms with Crippen LogP contribution >= 0.6 is 15.9 Å². The summed E-state index contributed by atoms with van der Waals surface area (Å²) in [5, 5.41) is 16.6. The Labute approximate surface area is 352 Å². The van der Waals surface area contributed by atoms with Crippen LogP contribution in [0.2, 0.25) is 0 Å². The maximum absolute atomic E-state index is 5.91. The highest BCUT2D eigenvalue weighted by Gasteiger charge is 2.52. The van der Waals surface area contributed by atoms with Crippen molar-refractivity contribution in [3.05, 3.63) is 172 Å². The zero-order valence-electron chi connectivity index (χ0n) is 35.0. The van der Waals surface area contributed by atoms with Crippen LogP contribution < -0.4 is 5.59 Å². The Bertz CT molecular complexity index is 2240. The molecular weight excluding hydrogens is 787 g/mol. The molecule has 58 heavy (non-hydrogen) atoms. The number of hydrogen-bond donors (Lipinski definition) is 0. The van der Waals surface area contributed by atoms with Gasteiger partial charge in [0, 0.05) is 52.5 Å². The lowest BCUT2D eigenvalue weighted by Crippen LogP contribution is -2.41. The third kappa shape index (κ3) is 12.6. The summed E-state index contributed by atoms with van der Waals surface area (Å²) in [4.78, 5) is 0. The maximum Gasteiger partial charge on any atom is 0.514 e. The van der Waals surface area contributed by atoms with Crippen molar-refractivity contribution >= 4 is 40.8 Å². The Kier molecular flexibility index (Phi) is 15.8. The van der Waals surface area contributed by atoms with Crippen molar-refractivity contribution in [3.63, 3.8) is 0 Å². The van der Waals surface area contributed by atoms with Gasteiger partial charge in [0.1, 0.15) is 0 Å². The molecule has 302 valence electrons. The Morgan fingerprint density at radius 3 is 1.55 bits per heavy atom. The lowest BCUT2D eigenvalue weighted by Gasteiger charge is -2.32. The molecule has 1 fully saturated rings. The Morgan fingerprint density at radius 2 is 1.07 bits per heavy atom. The van der Waals surface area contributed by atoms with E-state index in [0.29, 0.717) is 0 Å². The van der Waals surface area contributed by atoms with E-state index in [4.69, 9.17) is 9.31 Å². The van der Waals surface area contributed by atoms with E-state index in [1.807, 2.05) is 125 Å². The zero-order chi connectivity index (χ0) is 41.5. The van der Waals surface area contributed by atoms with Crippen LogP contribution in [-0.4, -0.2) is 57.4 Å². The quantitative estimate of drug-likeness (QED) is 0.136. The zero-order valence-corrected chi connectivity index (χ0v) is 36.6. The van der Waals surface area contributed by atoms with Crippen LogP contribution in [0.5, 0.6) is 0 Å². The van der Waals surface area contributed by atoms with E-state index in [1.54, 1.807) is 17.1 Å². The summed E-state index contributed by atoms with van der Waals surface area (Å²) < 4.78 is 20.4. The topological polar surface area (TPSA) is 89.7 Å². The predicted octanol–water partition coefficient (Wildman–Crippen LogP) is 8.48. The van der Waals surface area contributed by atoms with Gasteiger partial charge in [0.25, 0.3) is 0 Å². The average Bonchev–Trinajstić information content (AvgIpc) is 4.05. The Morgan fingerprint density at radius 1 is 0.552 bits per heavy atom. The summed E-state index contributed by atoms with van der Waals surface area (Å²) in [6, 6.07) is 37.3. The van der Waals surface area contributed by atoms with Crippen molar-refractivity contribution < 1.29 is 9.31 Å². The second-order valence-electron chi connectivity index (χ2n) is 15.1. The molecule has 1 aliphatic rings. The van der Waals surface area contributed by atoms with E-state index in [0.717, 1.165) is 41.4 Å². The minimum atomic E-state index is -0.317. The van der Waals surface area contributed by atoms with Gasteiger partial charge in [-0.2, -0.15) is 20.4 Å². The first-order valence-electron chi connectivity index (χ1n) is 19.6. The van der Waals surface area contributed by atoms with E-state index in [9.17, 15) is 0 Å². The molecule has 0 saturated carbocycles. The Hall–Kier alpha value is -5.30. The molecule has 0 aliphatic carbocycles. The number of aryl methyl sites for hydroxylation is 7. The summed E-state index contributed by atoms with van der Waals surface area (Å²) in [7, 11) is 7.47. The smallest absolute Gasteiger partial charge is 0.398 e. The molecule has 4 aromatic heterocycles. The van der Waals surface area contributed by atoms with Gasteiger partial charge >= 0.3 is 7.12 Å². The second-order valence-corrected chi connectivity index (χ2v) is 15.9. The molecule has 1 aliphatic heterocycles. The van der Waals surface area contributed by atoms with Gasteiger partial charge in [-0.25, -0.2) is 0 Å². The summed E-state index contributed by atoms with van der Waals surface area (Å²) in [6.07, 6.45) is 15.6. The van der Waals surface area contributed by atoms with Gasteiger partial charge in [-0.1, -0.05) is 97.1 Å². The monoisotopic (exact) mass is 842 g/mol. The number of benzene rings is 3. The van der Waals surface area contributed by atoms with Crippen LogP contribution in [0, 0.1) is 0 Å². The summed E-state index contributed by atoms with van der Waals surface area (Å²) in [6.45, 7) is 8.18. The molecule has 0 amide bonds. The number of nitrogens with zero attached hydrogens (tertiary/aromatic N) is 8. The molecule has 7 aromatic rings. The van der Waals surface area contributed by atoms with E-state index < -0.39 is 0 Å². The van der Waals surface area contributed by atoms with Crippen molar-refractivity contribution in [1.82, 2.24) is 39.1 Å². The van der Waals surface area contributed by atoms with Gasteiger partial charge in [-0.3, -0.25) is 18.7 Å². The van der Waals surface area contributed by atoms with Crippen LogP contribution in [0.25, 0.3) is 12.2 Å². The highest BCUT2D eigenvalue weighted by molar-refractivity contribution is 9.10. The molecule has 12 heteroatoms. The lowest BCUT2D eigenvalue weighted by molar-refractivity contribution is 0.00578. The second kappa shape index (κ2) is 20.9. The van der Waals surface area contributed by atoms with E-state index in [-0.39, 0.29) is 18.3 Å². The van der Waals surface area contributed by atoms with Gasteiger partial charge in [-0.15, -0.1) is 0 Å². The van der Waals surface area contributed by atoms with Crippen molar-refractivity contribution in [2.45, 2.75) is 64.6 Å².